The SMILES string of the molecule is CC(O)CC(C)CNC(=O)[C@@H](N)C(C)(C)C. The molecule has 0 aliphatic rings. The smallest absolute Gasteiger partial charge is 0.237 e. The fourth-order valence-electron chi connectivity index (χ4n) is 1.44. The Morgan fingerprint density at radius 2 is 1.88 bits per heavy atom. The lowest BCUT2D eigenvalue weighted by atomic mass is 9.87. The minimum atomic E-state index is -0.494. The highest BCUT2D eigenvalue weighted by atomic mass is 16.3. The van der Waals surface area contributed by atoms with E-state index < -0.39 is 6.04 Å². The second-order valence-electron chi connectivity index (χ2n) is 5.78. The van der Waals surface area contributed by atoms with E-state index in [1.807, 2.05) is 27.7 Å². The van der Waals surface area contributed by atoms with Crippen molar-refractivity contribution >= 4 is 5.91 Å². The Bertz CT molecular complexity index is 222. The van der Waals surface area contributed by atoms with Crippen LogP contribution in [0.3, 0.4) is 0 Å². The Labute approximate surface area is 98.6 Å². The zero-order valence-electron chi connectivity index (χ0n) is 11.1. The van der Waals surface area contributed by atoms with Gasteiger partial charge in [-0.25, -0.2) is 0 Å². The first-order valence-corrected chi connectivity index (χ1v) is 5.86. The van der Waals surface area contributed by atoms with E-state index in [2.05, 4.69) is 5.32 Å². The van der Waals surface area contributed by atoms with Crippen molar-refractivity contribution in [2.24, 2.45) is 17.1 Å². The number of aliphatic hydroxyl groups excluding tert-OH is 1. The van der Waals surface area contributed by atoms with Gasteiger partial charge in [0.15, 0.2) is 0 Å². The van der Waals surface area contributed by atoms with Gasteiger partial charge in [-0.05, 0) is 24.7 Å². The molecule has 0 saturated carbocycles. The molecule has 0 saturated heterocycles. The van der Waals surface area contributed by atoms with Gasteiger partial charge in [-0.2, -0.15) is 0 Å². The third-order valence-corrected chi connectivity index (χ3v) is 2.58. The van der Waals surface area contributed by atoms with Crippen molar-refractivity contribution in [3.05, 3.63) is 0 Å². The lowest BCUT2D eigenvalue weighted by molar-refractivity contribution is -0.124. The summed E-state index contributed by atoms with van der Waals surface area (Å²) in [6.45, 7) is 10.1. The third-order valence-electron chi connectivity index (χ3n) is 2.58. The van der Waals surface area contributed by atoms with Crippen LogP contribution in [0.2, 0.25) is 0 Å². The van der Waals surface area contributed by atoms with Crippen molar-refractivity contribution in [2.75, 3.05) is 6.54 Å². The van der Waals surface area contributed by atoms with Crippen LogP contribution in [0.4, 0.5) is 0 Å². The molecule has 0 aromatic rings. The van der Waals surface area contributed by atoms with Gasteiger partial charge in [0, 0.05) is 6.54 Å². The van der Waals surface area contributed by atoms with Crippen LogP contribution >= 0.6 is 0 Å². The van der Waals surface area contributed by atoms with Gasteiger partial charge in [0.05, 0.1) is 12.1 Å². The summed E-state index contributed by atoms with van der Waals surface area (Å²) in [6.07, 6.45) is 0.355. The van der Waals surface area contributed by atoms with Crippen LogP contribution in [0.1, 0.15) is 41.0 Å². The first kappa shape index (κ1) is 15.4. The molecule has 0 aliphatic heterocycles. The predicted molar refractivity (Wildman–Crippen MR) is 65.9 cm³/mol. The van der Waals surface area contributed by atoms with Crippen LogP contribution in [0.15, 0.2) is 0 Å². The van der Waals surface area contributed by atoms with Crippen molar-refractivity contribution in [2.45, 2.75) is 53.2 Å². The van der Waals surface area contributed by atoms with Gasteiger partial charge >= 0.3 is 0 Å². The van der Waals surface area contributed by atoms with E-state index >= 15 is 0 Å². The molecule has 3 atom stereocenters. The van der Waals surface area contributed by atoms with Gasteiger partial charge in [0.2, 0.25) is 5.91 Å². The standard InChI is InChI=1S/C12H26N2O2/c1-8(6-9(2)15)7-14-11(16)10(13)12(3,4)5/h8-10,15H,6-7,13H2,1-5H3,(H,14,16)/t8?,9?,10-/m1/s1. The number of rotatable bonds is 5. The topological polar surface area (TPSA) is 75.3 Å². The van der Waals surface area contributed by atoms with E-state index in [1.165, 1.54) is 0 Å². The zero-order chi connectivity index (χ0) is 12.9. The normalized spacial score (nSPS) is 17.7. The molecule has 4 heteroatoms. The fraction of sp³-hybridized carbons (Fsp3) is 0.917. The maximum atomic E-state index is 11.7. The van der Waals surface area contributed by atoms with E-state index in [-0.39, 0.29) is 23.3 Å². The second kappa shape index (κ2) is 6.21. The molecule has 0 radical (unpaired) electrons. The van der Waals surface area contributed by atoms with E-state index in [1.54, 1.807) is 6.92 Å². The second-order valence-corrected chi connectivity index (χ2v) is 5.78. The van der Waals surface area contributed by atoms with Gasteiger partial charge < -0.3 is 16.2 Å². The fourth-order valence-corrected chi connectivity index (χ4v) is 1.44. The Kier molecular flexibility index (Phi) is 5.97. The number of carbonyl (C=O) groups excluding carboxylic acids is 1. The van der Waals surface area contributed by atoms with E-state index in [0.717, 1.165) is 0 Å². The third kappa shape index (κ3) is 6.08. The summed E-state index contributed by atoms with van der Waals surface area (Å²) < 4.78 is 0. The maximum Gasteiger partial charge on any atom is 0.237 e. The molecule has 0 fully saturated rings. The van der Waals surface area contributed by atoms with Gasteiger partial charge in [0.25, 0.3) is 0 Å². The van der Waals surface area contributed by atoms with Crippen LogP contribution < -0.4 is 11.1 Å². The van der Waals surface area contributed by atoms with Crippen LogP contribution in [0.25, 0.3) is 0 Å². The van der Waals surface area contributed by atoms with Crippen LogP contribution in [0.5, 0.6) is 0 Å². The zero-order valence-corrected chi connectivity index (χ0v) is 11.1. The predicted octanol–water partition coefficient (Wildman–Crippen LogP) is 0.883. The average Bonchev–Trinajstić information content (AvgIpc) is 2.10. The number of hydrogen-bond donors (Lipinski definition) is 3. The van der Waals surface area contributed by atoms with Gasteiger partial charge in [-0.1, -0.05) is 27.7 Å². The summed E-state index contributed by atoms with van der Waals surface area (Å²) in [4.78, 5) is 11.7. The first-order valence-electron chi connectivity index (χ1n) is 5.86. The molecule has 1 amide bonds. The number of nitrogens with one attached hydrogen (secondary N) is 1. The van der Waals surface area contributed by atoms with Gasteiger partial charge in [-0.3, -0.25) is 4.79 Å². The first-order chi connectivity index (χ1) is 7.14. The van der Waals surface area contributed by atoms with Crippen molar-refractivity contribution in [3.63, 3.8) is 0 Å². The van der Waals surface area contributed by atoms with Crippen LogP contribution in [-0.4, -0.2) is 29.7 Å². The number of hydrogen-bond acceptors (Lipinski definition) is 3. The van der Waals surface area contributed by atoms with Gasteiger partial charge in [0.1, 0.15) is 0 Å². The molecule has 0 heterocycles. The number of amides is 1. The van der Waals surface area contributed by atoms with Gasteiger partial charge in [-0.15, -0.1) is 0 Å². The summed E-state index contributed by atoms with van der Waals surface area (Å²) in [5.74, 6) is 0.140. The van der Waals surface area contributed by atoms with Crippen molar-refractivity contribution in [1.82, 2.24) is 5.32 Å². The van der Waals surface area contributed by atoms with E-state index in [0.29, 0.717) is 13.0 Å². The van der Waals surface area contributed by atoms with Crippen molar-refractivity contribution < 1.29 is 9.90 Å². The molecule has 0 bridgehead atoms. The molecule has 0 aromatic carbocycles. The molecule has 4 N–H and O–H groups in total. The van der Waals surface area contributed by atoms with Crippen LogP contribution in [-0.2, 0) is 4.79 Å². The Morgan fingerprint density at radius 3 is 2.25 bits per heavy atom. The van der Waals surface area contributed by atoms with Crippen molar-refractivity contribution in [3.8, 4) is 0 Å². The molecule has 0 aliphatic carbocycles. The monoisotopic (exact) mass is 230 g/mol. The Morgan fingerprint density at radius 1 is 1.38 bits per heavy atom. The summed E-state index contributed by atoms with van der Waals surface area (Å²) in [5, 5.41) is 12.0. The average molecular weight is 230 g/mol. The molecule has 0 rings (SSSR count). The highest BCUT2D eigenvalue weighted by Gasteiger charge is 2.27. The summed E-state index contributed by atoms with van der Waals surface area (Å²) in [6, 6.07) is -0.494. The molecule has 96 valence electrons. The minimum absolute atomic E-state index is 0.120. The summed E-state index contributed by atoms with van der Waals surface area (Å²) in [7, 11) is 0. The summed E-state index contributed by atoms with van der Waals surface area (Å²) >= 11 is 0. The highest BCUT2D eigenvalue weighted by Crippen LogP contribution is 2.17. The molecule has 2 unspecified atom stereocenters. The molecule has 0 aromatic heterocycles. The molecule has 0 spiro atoms. The Hall–Kier alpha value is -0.610. The van der Waals surface area contributed by atoms with E-state index in [9.17, 15) is 9.90 Å². The van der Waals surface area contributed by atoms with Crippen molar-refractivity contribution in [1.29, 1.82) is 0 Å². The number of carbonyl (C=O) groups is 1. The lowest BCUT2D eigenvalue weighted by Gasteiger charge is -2.26. The highest BCUT2D eigenvalue weighted by molar-refractivity contribution is 5.82. The lowest BCUT2D eigenvalue weighted by Crippen LogP contribution is -2.49. The molecular weight excluding hydrogens is 204 g/mol. The number of nitrogens with two attached hydrogens (primary N) is 1. The summed E-state index contributed by atoms with van der Waals surface area (Å²) in [5.41, 5.74) is 5.60. The molecule has 4 nitrogen and oxygen atoms in total. The Balaban J connectivity index is 3.99. The quantitative estimate of drug-likeness (QED) is 0.656. The maximum absolute atomic E-state index is 11.7. The largest absolute Gasteiger partial charge is 0.393 e. The van der Waals surface area contributed by atoms with Crippen LogP contribution in [0, 0.1) is 11.3 Å². The molecular formula is C12H26N2O2. The molecule has 16 heavy (non-hydrogen) atoms. The minimum Gasteiger partial charge on any atom is -0.393 e. The number of aliphatic hydroxyl groups is 1. The van der Waals surface area contributed by atoms with E-state index in [4.69, 9.17) is 5.73 Å².